The van der Waals surface area contributed by atoms with Crippen LogP contribution in [0, 0.1) is 12.7 Å². The number of nitrogens with zero attached hydrogens (tertiary/aromatic N) is 1. The number of rotatable bonds is 3. The molecular formula is C21H13ClF4N2O. The van der Waals surface area contributed by atoms with Crippen molar-refractivity contribution in [2.75, 3.05) is 0 Å². The van der Waals surface area contributed by atoms with Crippen molar-refractivity contribution in [3.05, 3.63) is 76.7 Å². The van der Waals surface area contributed by atoms with Gasteiger partial charge in [0.05, 0.1) is 16.3 Å². The molecule has 4 aromatic rings. The first kappa shape index (κ1) is 19.3. The molecule has 4 rings (SSSR count). The van der Waals surface area contributed by atoms with E-state index in [2.05, 4.69) is 9.97 Å². The average molecular weight is 421 g/mol. The van der Waals surface area contributed by atoms with E-state index in [0.717, 1.165) is 17.3 Å². The predicted molar refractivity (Wildman–Crippen MR) is 102 cm³/mol. The highest BCUT2D eigenvalue weighted by Crippen LogP contribution is 2.38. The Balaban J connectivity index is 1.69. The summed E-state index contributed by atoms with van der Waals surface area (Å²) in [6.07, 6.45) is -4.56. The molecule has 0 radical (unpaired) electrons. The largest absolute Gasteiger partial charge is 0.453 e. The number of furan rings is 1. The summed E-state index contributed by atoms with van der Waals surface area (Å²) in [7, 11) is 0. The maximum absolute atomic E-state index is 13.1. The Labute approximate surface area is 168 Å². The minimum atomic E-state index is -4.56. The summed E-state index contributed by atoms with van der Waals surface area (Å²) in [5.74, 6) is 0.677. The van der Waals surface area contributed by atoms with E-state index in [-0.39, 0.29) is 22.2 Å². The maximum Gasteiger partial charge on any atom is 0.417 e. The topological polar surface area (TPSA) is 41.8 Å². The Morgan fingerprint density at radius 1 is 0.931 bits per heavy atom. The van der Waals surface area contributed by atoms with Crippen LogP contribution in [-0.4, -0.2) is 9.97 Å². The second-order valence-electron chi connectivity index (χ2n) is 6.42. The molecule has 0 aliphatic rings. The number of aryl methyl sites for hydroxylation is 1. The highest BCUT2D eigenvalue weighted by atomic mass is 35.5. The zero-order valence-corrected chi connectivity index (χ0v) is 15.7. The number of H-pyrrole nitrogens is 1. The van der Waals surface area contributed by atoms with Gasteiger partial charge >= 0.3 is 6.18 Å². The van der Waals surface area contributed by atoms with Crippen molar-refractivity contribution >= 4 is 11.6 Å². The molecule has 0 unspecified atom stereocenters. The molecule has 0 saturated carbocycles. The molecule has 0 fully saturated rings. The maximum atomic E-state index is 13.1. The molecule has 0 aliphatic heterocycles. The summed E-state index contributed by atoms with van der Waals surface area (Å²) in [5, 5.41) is -0.376. The summed E-state index contributed by atoms with van der Waals surface area (Å²) < 4.78 is 58.1. The van der Waals surface area contributed by atoms with Gasteiger partial charge in [-0.1, -0.05) is 11.6 Å². The average Bonchev–Trinajstić information content (AvgIpc) is 3.29. The van der Waals surface area contributed by atoms with Gasteiger partial charge in [-0.2, -0.15) is 13.2 Å². The van der Waals surface area contributed by atoms with Crippen molar-refractivity contribution in [1.29, 1.82) is 0 Å². The summed E-state index contributed by atoms with van der Waals surface area (Å²) in [5.41, 5.74) is 1.42. The van der Waals surface area contributed by atoms with E-state index in [4.69, 9.17) is 16.0 Å². The van der Waals surface area contributed by atoms with Gasteiger partial charge in [-0.25, -0.2) is 9.37 Å². The van der Waals surface area contributed by atoms with Crippen LogP contribution in [0.2, 0.25) is 5.02 Å². The number of nitrogens with one attached hydrogen (secondary N) is 1. The highest BCUT2D eigenvalue weighted by molar-refractivity contribution is 6.31. The van der Waals surface area contributed by atoms with Crippen molar-refractivity contribution < 1.29 is 22.0 Å². The lowest BCUT2D eigenvalue weighted by atomic mass is 10.1. The van der Waals surface area contributed by atoms with Crippen molar-refractivity contribution in [2.24, 2.45) is 0 Å². The van der Waals surface area contributed by atoms with Crippen molar-refractivity contribution in [3.8, 4) is 34.2 Å². The van der Waals surface area contributed by atoms with Crippen molar-refractivity contribution in [2.45, 2.75) is 13.1 Å². The number of aromatic nitrogens is 2. The smallest absolute Gasteiger partial charge is 0.417 e. The van der Waals surface area contributed by atoms with Gasteiger partial charge in [0.15, 0.2) is 11.6 Å². The first-order valence-electron chi connectivity index (χ1n) is 8.52. The third-order valence-electron chi connectivity index (χ3n) is 4.40. The molecular weight excluding hydrogens is 408 g/mol. The van der Waals surface area contributed by atoms with Crippen LogP contribution in [0.25, 0.3) is 34.2 Å². The SMILES string of the molecule is Cc1[nH]c(-c2ccc(-c3ccc(Cl)c(C(F)(F)F)c3)o2)nc1-c1ccc(F)cc1. The third kappa shape index (κ3) is 3.78. The number of alkyl halides is 3. The second kappa shape index (κ2) is 7.08. The van der Waals surface area contributed by atoms with Crippen molar-refractivity contribution in [3.63, 3.8) is 0 Å². The standard InChI is InChI=1S/C21H13ClF4N2O/c1-11-19(12-2-5-14(23)6-3-12)28-20(27-11)18-9-8-17(29-18)13-4-7-16(22)15(10-13)21(24,25)26/h2-10H,1H3,(H,27,28). The van der Waals surface area contributed by atoms with Gasteiger partial charge in [-0.3, -0.25) is 0 Å². The fraction of sp³-hybridized carbons (Fsp3) is 0.0952. The molecule has 8 heteroatoms. The molecule has 3 nitrogen and oxygen atoms in total. The second-order valence-corrected chi connectivity index (χ2v) is 6.83. The number of hydrogen-bond donors (Lipinski definition) is 1. The van der Waals surface area contributed by atoms with E-state index < -0.39 is 11.7 Å². The third-order valence-corrected chi connectivity index (χ3v) is 4.73. The van der Waals surface area contributed by atoms with Crippen LogP contribution in [0.15, 0.2) is 59.0 Å². The Morgan fingerprint density at radius 2 is 1.59 bits per heavy atom. The number of hydrogen-bond acceptors (Lipinski definition) is 2. The molecule has 0 spiro atoms. The number of halogens is 5. The van der Waals surface area contributed by atoms with E-state index in [1.807, 2.05) is 6.92 Å². The van der Waals surface area contributed by atoms with Gasteiger partial charge in [0, 0.05) is 16.8 Å². The summed E-state index contributed by atoms with van der Waals surface area (Å²) in [6.45, 7) is 1.81. The van der Waals surface area contributed by atoms with Gasteiger partial charge in [0.1, 0.15) is 11.6 Å². The molecule has 0 aliphatic carbocycles. The molecule has 0 amide bonds. The zero-order valence-electron chi connectivity index (χ0n) is 14.9. The molecule has 29 heavy (non-hydrogen) atoms. The molecule has 2 aromatic carbocycles. The fourth-order valence-corrected chi connectivity index (χ4v) is 3.21. The monoisotopic (exact) mass is 420 g/mol. The first-order valence-corrected chi connectivity index (χ1v) is 8.90. The predicted octanol–water partition coefficient (Wildman–Crippen LogP) is 7.12. The fourth-order valence-electron chi connectivity index (χ4n) is 2.98. The van der Waals surface area contributed by atoms with Gasteiger partial charge in [-0.05, 0) is 61.5 Å². The van der Waals surface area contributed by atoms with Crippen molar-refractivity contribution in [1.82, 2.24) is 9.97 Å². The molecule has 0 bridgehead atoms. The van der Waals surface area contributed by atoms with Crippen LogP contribution < -0.4 is 0 Å². The number of benzene rings is 2. The quantitative estimate of drug-likeness (QED) is 0.358. The minimum absolute atomic E-state index is 0.245. The van der Waals surface area contributed by atoms with E-state index in [1.54, 1.807) is 24.3 Å². The molecule has 2 heterocycles. The normalized spacial score (nSPS) is 11.8. The van der Waals surface area contributed by atoms with Crippen LogP contribution >= 0.6 is 11.6 Å². The van der Waals surface area contributed by atoms with Gasteiger partial charge in [0.2, 0.25) is 0 Å². The highest BCUT2D eigenvalue weighted by Gasteiger charge is 2.33. The summed E-state index contributed by atoms with van der Waals surface area (Å²) >= 11 is 5.67. The summed E-state index contributed by atoms with van der Waals surface area (Å²) in [4.78, 5) is 7.57. The van der Waals surface area contributed by atoms with Crippen LogP contribution in [0.1, 0.15) is 11.3 Å². The summed E-state index contributed by atoms with van der Waals surface area (Å²) in [6, 6.07) is 12.7. The van der Waals surface area contributed by atoms with Gasteiger partial charge in [0.25, 0.3) is 0 Å². The lowest BCUT2D eigenvalue weighted by Crippen LogP contribution is -2.05. The number of aromatic amines is 1. The lowest BCUT2D eigenvalue weighted by molar-refractivity contribution is -0.137. The molecule has 0 saturated heterocycles. The van der Waals surface area contributed by atoms with E-state index in [9.17, 15) is 17.6 Å². The Morgan fingerprint density at radius 3 is 2.28 bits per heavy atom. The molecule has 1 N–H and O–H groups in total. The molecule has 2 aromatic heterocycles. The Hall–Kier alpha value is -3.06. The first-order chi connectivity index (χ1) is 13.7. The van der Waals surface area contributed by atoms with Gasteiger partial charge < -0.3 is 9.40 Å². The van der Waals surface area contributed by atoms with E-state index >= 15 is 0 Å². The van der Waals surface area contributed by atoms with E-state index in [1.165, 1.54) is 24.3 Å². The van der Waals surface area contributed by atoms with E-state index in [0.29, 0.717) is 17.3 Å². The van der Waals surface area contributed by atoms with Gasteiger partial charge in [-0.15, -0.1) is 0 Å². The van der Waals surface area contributed by atoms with Crippen LogP contribution in [0.5, 0.6) is 0 Å². The van der Waals surface area contributed by atoms with Crippen LogP contribution in [-0.2, 0) is 6.18 Å². The van der Waals surface area contributed by atoms with Crippen LogP contribution in [0.4, 0.5) is 17.6 Å². The Kier molecular flexibility index (Phi) is 4.70. The molecule has 148 valence electrons. The van der Waals surface area contributed by atoms with Crippen LogP contribution in [0.3, 0.4) is 0 Å². The Bertz CT molecular complexity index is 1180. The minimum Gasteiger partial charge on any atom is -0.453 e. The molecule has 0 atom stereocenters. The lowest BCUT2D eigenvalue weighted by Gasteiger charge is -2.09. The zero-order chi connectivity index (χ0) is 20.8. The number of imidazole rings is 1.